The van der Waals surface area contributed by atoms with Crippen LogP contribution in [0.25, 0.3) is 0 Å². The highest BCUT2D eigenvalue weighted by atomic mass is 35.5. The first-order chi connectivity index (χ1) is 11.0. The van der Waals surface area contributed by atoms with Crippen molar-refractivity contribution in [2.24, 2.45) is 0 Å². The molecule has 0 unspecified atom stereocenters. The van der Waals surface area contributed by atoms with E-state index in [1.165, 1.54) is 0 Å². The molecule has 0 bridgehead atoms. The van der Waals surface area contributed by atoms with Gasteiger partial charge in [-0.3, -0.25) is 9.69 Å². The third-order valence-corrected chi connectivity index (χ3v) is 4.48. The zero-order valence-electron chi connectivity index (χ0n) is 13.1. The number of carbonyl (C=O) groups excluding carboxylic acids is 1. The number of carboxylic acid groups (broad SMARTS) is 1. The van der Waals surface area contributed by atoms with Gasteiger partial charge in [0.05, 0.1) is 6.54 Å². The van der Waals surface area contributed by atoms with Crippen LogP contribution in [-0.2, 0) is 11.3 Å². The van der Waals surface area contributed by atoms with E-state index in [2.05, 4.69) is 10.6 Å². The number of rotatable bonds is 7. The van der Waals surface area contributed by atoms with Crippen molar-refractivity contribution in [2.75, 3.05) is 13.1 Å². The van der Waals surface area contributed by atoms with Crippen molar-refractivity contribution in [3.63, 3.8) is 0 Å². The van der Waals surface area contributed by atoms with Crippen molar-refractivity contribution < 1.29 is 14.7 Å². The van der Waals surface area contributed by atoms with Crippen molar-refractivity contribution >= 4 is 23.6 Å². The predicted octanol–water partition coefficient (Wildman–Crippen LogP) is 2.08. The minimum absolute atomic E-state index is 0.0482. The van der Waals surface area contributed by atoms with E-state index in [4.69, 9.17) is 16.7 Å². The minimum atomic E-state index is -0.819. The highest BCUT2D eigenvalue weighted by Crippen LogP contribution is 2.25. The third-order valence-electron chi connectivity index (χ3n) is 4.11. The Bertz CT molecular complexity index is 561. The maximum Gasteiger partial charge on any atom is 0.317 e. The van der Waals surface area contributed by atoms with Crippen LogP contribution in [0.15, 0.2) is 24.3 Å². The molecule has 1 aliphatic rings. The van der Waals surface area contributed by atoms with Gasteiger partial charge >= 0.3 is 12.0 Å². The molecule has 2 amide bonds. The van der Waals surface area contributed by atoms with Crippen LogP contribution in [0.3, 0.4) is 0 Å². The van der Waals surface area contributed by atoms with Gasteiger partial charge in [-0.2, -0.15) is 0 Å². The lowest BCUT2D eigenvalue weighted by Crippen LogP contribution is -2.56. The quantitative estimate of drug-likeness (QED) is 0.710. The Morgan fingerprint density at radius 1 is 1.35 bits per heavy atom. The highest BCUT2D eigenvalue weighted by molar-refractivity contribution is 6.31. The number of hydrogen-bond acceptors (Lipinski definition) is 3. The molecule has 0 saturated heterocycles. The molecule has 0 spiro atoms. The van der Waals surface area contributed by atoms with Gasteiger partial charge in [0.25, 0.3) is 0 Å². The Hall–Kier alpha value is -1.79. The van der Waals surface area contributed by atoms with Crippen LogP contribution in [0.2, 0.25) is 5.02 Å². The Kier molecular flexibility index (Phi) is 6.24. The molecule has 1 saturated carbocycles. The summed E-state index contributed by atoms with van der Waals surface area (Å²) in [5.41, 5.74) is 0.870. The number of nitrogens with zero attached hydrogens (tertiary/aromatic N) is 1. The Morgan fingerprint density at radius 3 is 2.65 bits per heavy atom. The summed E-state index contributed by atoms with van der Waals surface area (Å²) in [6.07, 6.45) is 1.56. The third kappa shape index (κ3) is 5.11. The van der Waals surface area contributed by atoms with Gasteiger partial charge in [0, 0.05) is 23.7 Å². The maximum absolute atomic E-state index is 11.9. The molecule has 0 atom stereocenters. The van der Waals surface area contributed by atoms with Crippen molar-refractivity contribution in [1.29, 1.82) is 0 Å². The molecule has 0 radical (unpaired) electrons. The molecule has 0 aliphatic heterocycles. The molecule has 3 N–H and O–H groups in total. The molecule has 6 nitrogen and oxygen atoms in total. The summed E-state index contributed by atoms with van der Waals surface area (Å²) in [6.45, 7) is 3.07. The average molecular weight is 340 g/mol. The Labute approximate surface area is 140 Å². The van der Waals surface area contributed by atoms with Crippen LogP contribution < -0.4 is 10.6 Å². The van der Waals surface area contributed by atoms with Crippen molar-refractivity contribution in [3.8, 4) is 0 Å². The number of carbonyl (C=O) groups is 2. The number of likely N-dealkylation sites (N-methyl/N-ethyl adjacent to an activating group) is 1. The second-order valence-electron chi connectivity index (χ2n) is 5.70. The lowest BCUT2D eigenvalue weighted by Gasteiger charge is -2.42. The van der Waals surface area contributed by atoms with Crippen LogP contribution in [-0.4, -0.2) is 47.2 Å². The van der Waals surface area contributed by atoms with Gasteiger partial charge in [0.1, 0.15) is 0 Å². The van der Waals surface area contributed by atoms with Gasteiger partial charge < -0.3 is 15.7 Å². The van der Waals surface area contributed by atoms with E-state index in [1.54, 1.807) is 6.07 Å². The second kappa shape index (κ2) is 8.17. The molecule has 7 heteroatoms. The minimum Gasteiger partial charge on any atom is -0.480 e. The zero-order chi connectivity index (χ0) is 16.8. The number of amides is 2. The standard InChI is InChI=1S/C16H22ClN3O3/c1-2-20(10-15(21)22)13-7-12(8-13)19-16(23)18-9-11-5-3-4-6-14(11)17/h3-6,12-13H,2,7-10H2,1H3,(H,21,22)(H2,18,19,23). The van der Waals surface area contributed by atoms with E-state index in [0.717, 1.165) is 18.4 Å². The fourth-order valence-electron chi connectivity index (χ4n) is 2.73. The number of hydrogen-bond donors (Lipinski definition) is 3. The fourth-order valence-corrected chi connectivity index (χ4v) is 2.93. The first-order valence-corrected chi connectivity index (χ1v) is 8.11. The van der Waals surface area contributed by atoms with Crippen LogP contribution in [0, 0.1) is 0 Å². The lowest BCUT2D eigenvalue weighted by atomic mass is 9.85. The number of nitrogens with one attached hydrogen (secondary N) is 2. The molecule has 1 aromatic rings. The molecular formula is C16H22ClN3O3. The van der Waals surface area contributed by atoms with Gasteiger partial charge in [-0.25, -0.2) is 4.79 Å². The van der Waals surface area contributed by atoms with Crippen LogP contribution in [0.4, 0.5) is 4.79 Å². The number of halogens is 1. The van der Waals surface area contributed by atoms with Crippen LogP contribution >= 0.6 is 11.6 Å². The molecule has 0 aromatic heterocycles. The average Bonchev–Trinajstić information content (AvgIpc) is 2.47. The van der Waals surface area contributed by atoms with Crippen LogP contribution in [0.5, 0.6) is 0 Å². The second-order valence-corrected chi connectivity index (χ2v) is 6.10. The zero-order valence-corrected chi connectivity index (χ0v) is 13.8. The van der Waals surface area contributed by atoms with E-state index < -0.39 is 5.97 Å². The molecule has 0 heterocycles. The summed E-state index contributed by atoms with van der Waals surface area (Å²) in [5, 5.41) is 15.2. The van der Waals surface area contributed by atoms with Crippen molar-refractivity contribution in [1.82, 2.24) is 15.5 Å². The summed E-state index contributed by atoms with van der Waals surface area (Å²) in [4.78, 5) is 24.6. The van der Waals surface area contributed by atoms with Gasteiger partial charge in [0.2, 0.25) is 0 Å². The summed E-state index contributed by atoms with van der Waals surface area (Å²) in [6, 6.07) is 7.46. The smallest absolute Gasteiger partial charge is 0.317 e. The van der Waals surface area contributed by atoms with E-state index in [0.29, 0.717) is 18.1 Å². The monoisotopic (exact) mass is 339 g/mol. The van der Waals surface area contributed by atoms with E-state index in [9.17, 15) is 9.59 Å². The van der Waals surface area contributed by atoms with Crippen molar-refractivity contribution in [2.45, 2.75) is 38.4 Å². The lowest BCUT2D eigenvalue weighted by molar-refractivity contribution is -0.139. The summed E-state index contributed by atoms with van der Waals surface area (Å²) < 4.78 is 0. The van der Waals surface area contributed by atoms with Gasteiger partial charge in [-0.05, 0) is 31.0 Å². The van der Waals surface area contributed by atoms with E-state index in [-0.39, 0.29) is 24.7 Å². The van der Waals surface area contributed by atoms with Gasteiger partial charge in [0.15, 0.2) is 0 Å². The number of urea groups is 1. The number of carboxylic acids is 1. The Balaban J connectivity index is 1.70. The molecule has 2 rings (SSSR count). The van der Waals surface area contributed by atoms with Crippen LogP contribution in [0.1, 0.15) is 25.3 Å². The fraction of sp³-hybridized carbons (Fsp3) is 0.500. The SMILES string of the molecule is CCN(CC(=O)O)C1CC(NC(=O)NCc2ccccc2Cl)C1. The van der Waals surface area contributed by atoms with E-state index in [1.807, 2.05) is 30.0 Å². The van der Waals surface area contributed by atoms with Gasteiger partial charge in [-0.1, -0.05) is 36.7 Å². The number of aliphatic carboxylic acids is 1. The molecule has 1 fully saturated rings. The number of benzene rings is 1. The first kappa shape index (κ1) is 17.6. The molecule has 1 aliphatic carbocycles. The summed E-state index contributed by atoms with van der Waals surface area (Å²) in [7, 11) is 0. The summed E-state index contributed by atoms with van der Waals surface area (Å²) >= 11 is 6.04. The van der Waals surface area contributed by atoms with E-state index >= 15 is 0 Å². The topological polar surface area (TPSA) is 81.7 Å². The normalized spacial score (nSPS) is 20.0. The maximum atomic E-state index is 11.9. The van der Waals surface area contributed by atoms with Gasteiger partial charge in [-0.15, -0.1) is 0 Å². The highest BCUT2D eigenvalue weighted by Gasteiger charge is 2.34. The van der Waals surface area contributed by atoms with Crippen molar-refractivity contribution in [3.05, 3.63) is 34.9 Å². The summed E-state index contributed by atoms with van der Waals surface area (Å²) in [5.74, 6) is -0.819. The predicted molar refractivity (Wildman–Crippen MR) is 88.5 cm³/mol. The molecule has 1 aromatic carbocycles. The molecule has 126 valence electrons. The molecule has 23 heavy (non-hydrogen) atoms. The Morgan fingerprint density at radius 2 is 2.04 bits per heavy atom. The largest absolute Gasteiger partial charge is 0.480 e. The first-order valence-electron chi connectivity index (χ1n) is 7.73. The molecular weight excluding hydrogens is 318 g/mol.